The Kier molecular flexibility index (Phi) is 3.69. The Hall–Kier alpha value is -0.610. The van der Waals surface area contributed by atoms with Gasteiger partial charge in [-0.25, -0.2) is 0 Å². The fourth-order valence-corrected chi connectivity index (χ4v) is 1.85. The summed E-state index contributed by atoms with van der Waals surface area (Å²) in [7, 11) is 5.46. The van der Waals surface area contributed by atoms with Gasteiger partial charge in [0.05, 0.1) is 13.0 Å². The first kappa shape index (κ1) is 10.5. The molecule has 1 N–H and O–H groups in total. The van der Waals surface area contributed by atoms with Crippen molar-refractivity contribution in [1.29, 1.82) is 0 Å². The molecule has 13 heavy (non-hydrogen) atoms. The van der Waals surface area contributed by atoms with Crippen LogP contribution in [0.1, 0.15) is 6.42 Å². The summed E-state index contributed by atoms with van der Waals surface area (Å²) in [5, 5.41) is 3.21. The number of esters is 1. The summed E-state index contributed by atoms with van der Waals surface area (Å²) in [6.45, 7) is 1.71. The molecule has 4 heteroatoms. The minimum atomic E-state index is -0.106. The Morgan fingerprint density at radius 1 is 1.54 bits per heavy atom. The molecule has 0 radical (unpaired) electrons. The van der Waals surface area contributed by atoms with E-state index in [0.717, 1.165) is 19.5 Å². The number of carbonyl (C=O) groups excluding carboxylic acids is 1. The predicted octanol–water partition coefficient (Wildman–Crippen LogP) is -0.301. The van der Waals surface area contributed by atoms with E-state index < -0.39 is 0 Å². The van der Waals surface area contributed by atoms with Gasteiger partial charge in [0.1, 0.15) is 0 Å². The SMILES string of the molecule is COC(=O)C1CNCCC1N(C)C. The quantitative estimate of drug-likeness (QED) is 0.601. The molecule has 1 rings (SSSR count). The van der Waals surface area contributed by atoms with E-state index in [4.69, 9.17) is 4.74 Å². The molecule has 1 aliphatic rings. The number of ether oxygens (including phenoxy) is 1. The summed E-state index contributed by atoms with van der Waals surface area (Å²) in [6, 6.07) is 0.314. The average molecular weight is 186 g/mol. The van der Waals surface area contributed by atoms with Gasteiger partial charge in [-0.05, 0) is 27.1 Å². The first-order valence-electron chi connectivity index (χ1n) is 4.61. The van der Waals surface area contributed by atoms with E-state index in [-0.39, 0.29) is 11.9 Å². The molecule has 0 amide bonds. The number of nitrogens with one attached hydrogen (secondary N) is 1. The van der Waals surface area contributed by atoms with E-state index in [1.54, 1.807) is 0 Å². The monoisotopic (exact) mass is 186 g/mol. The molecule has 1 fully saturated rings. The molecule has 2 atom stereocenters. The summed E-state index contributed by atoms with van der Waals surface area (Å²) in [6.07, 6.45) is 1.01. The third kappa shape index (κ3) is 2.42. The molecule has 0 aliphatic carbocycles. The van der Waals surface area contributed by atoms with Crippen molar-refractivity contribution >= 4 is 5.97 Å². The van der Waals surface area contributed by atoms with Gasteiger partial charge >= 0.3 is 5.97 Å². The van der Waals surface area contributed by atoms with Crippen LogP contribution in [0.2, 0.25) is 0 Å². The Morgan fingerprint density at radius 3 is 2.77 bits per heavy atom. The average Bonchev–Trinajstić information content (AvgIpc) is 2.16. The third-order valence-corrected chi connectivity index (χ3v) is 2.61. The number of methoxy groups -OCH3 is 1. The molecule has 0 saturated carbocycles. The molecule has 0 spiro atoms. The van der Waals surface area contributed by atoms with Crippen molar-refractivity contribution in [3.05, 3.63) is 0 Å². The molecule has 1 saturated heterocycles. The van der Waals surface area contributed by atoms with Crippen molar-refractivity contribution in [3.8, 4) is 0 Å². The smallest absolute Gasteiger partial charge is 0.311 e. The maximum atomic E-state index is 11.4. The van der Waals surface area contributed by atoms with Gasteiger partial charge in [0.2, 0.25) is 0 Å². The predicted molar refractivity (Wildman–Crippen MR) is 50.5 cm³/mol. The minimum absolute atomic E-state index is 0.0197. The fraction of sp³-hybridized carbons (Fsp3) is 0.889. The Labute approximate surface area is 79.2 Å². The van der Waals surface area contributed by atoms with Crippen LogP contribution >= 0.6 is 0 Å². The van der Waals surface area contributed by atoms with Crippen molar-refractivity contribution < 1.29 is 9.53 Å². The van der Waals surface area contributed by atoms with Gasteiger partial charge in [-0.2, -0.15) is 0 Å². The van der Waals surface area contributed by atoms with Crippen molar-refractivity contribution in [1.82, 2.24) is 10.2 Å². The second-order valence-electron chi connectivity index (χ2n) is 3.65. The summed E-state index contributed by atoms with van der Waals surface area (Å²) < 4.78 is 4.76. The van der Waals surface area contributed by atoms with Crippen LogP contribution in [0.3, 0.4) is 0 Å². The van der Waals surface area contributed by atoms with E-state index in [9.17, 15) is 4.79 Å². The van der Waals surface area contributed by atoms with Crippen molar-refractivity contribution in [2.24, 2.45) is 5.92 Å². The number of hydrogen-bond donors (Lipinski definition) is 1. The topological polar surface area (TPSA) is 41.6 Å². The van der Waals surface area contributed by atoms with Crippen LogP contribution in [0.25, 0.3) is 0 Å². The second kappa shape index (κ2) is 4.58. The van der Waals surface area contributed by atoms with E-state index >= 15 is 0 Å². The van der Waals surface area contributed by atoms with Gasteiger partial charge in [-0.15, -0.1) is 0 Å². The number of rotatable bonds is 2. The lowest BCUT2D eigenvalue weighted by Gasteiger charge is -2.34. The molecule has 0 aromatic heterocycles. The molecule has 1 aliphatic heterocycles. The molecular weight excluding hydrogens is 168 g/mol. The zero-order valence-corrected chi connectivity index (χ0v) is 8.54. The van der Waals surface area contributed by atoms with Crippen LogP contribution < -0.4 is 5.32 Å². The number of nitrogens with zero attached hydrogens (tertiary/aromatic N) is 1. The minimum Gasteiger partial charge on any atom is -0.469 e. The van der Waals surface area contributed by atoms with E-state index in [1.165, 1.54) is 7.11 Å². The van der Waals surface area contributed by atoms with Gasteiger partial charge < -0.3 is 15.0 Å². The van der Waals surface area contributed by atoms with E-state index in [1.807, 2.05) is 14.1 Å². The van der Waals surface area contributed by atoms with E-state index in [2.05, 4.69) is 10.2 Å². The highest BCUT2D eigenvalue weighted by atomic mass is 16.5. The largest absolute Gasteiger partial charge is 0.469 e. The van der Waals surface area contributed by atoms with Crippen LogP contribution in [-0.2, 0) is 9.53 Å². The van der Waals surface area contributed by atoms with Crippen LogP contribution in [0.4, 0.5) is 0 Å². The van der Waals surface area contributed by atoms with Gasteiger partial charge in [-0.3, -0.25) is 4.79 Å². The standard InChI is InChI=1S/C9H18N2O2/c1-11(2)8-4-5-10-6-7(8)9(12)13-3/h7-8,10H,4-6H2,1-3H3. The third-order valence-electron chi connectivity index (χ3n) is 2.61. The second-order valence-corrected chi connectivity index (χ2v) is 3.65. The lowest BCUT2D eigenvalue weighted by Crippen LogP contribution is -2.50. The van der Waals surface area contributed by atoms with Crippen molar-refractivity contribution in [3.63, 3.8) is 0 Å². The van der Waals surface area contributed by atoms with Crippen LogP contribution in [0.15, 0.2) is 0 Å². The highest BCUT2D eigenvalue weighted by molar-refractivity contribution is 5.73. The Morgan fingerprint density at radius 2 is 2.23 bits per heavy atom. The van der Waals surface area contributed by atoms with Gasteiger partial charge in [0, 0.05) is 12.6 Å². The lowest BCUT2D eigenvalue weighted by molar-refractivity contribution is -0.148. The highest BCUT2D eigenvalue weighted by Crippen LogP contribution is 2.16. The van der Waals surface area contributed by atoms with Crippen LogP contribution in [-0.4, -0.2) is 51.2 Å². The highest BCUT2D eigenvalue weighted by Gasteiger charge is 2.32. The number of hydrogen-bond acceptors (Lipinski definition) is 4. The Bertz CT molecular complexity index is 182. The van der Waals surface area contributed by atoms with Crippen molar-refractivity contribution in [2.75, 3.05) is 34.3 Å². The molecule has 0 aromatic carbocycles. The molecule has 2 unspecified atom stereocenters. The van der Waals surface area contributed by atoms with Gasteiger partial charge in [-0.1, -0.05) is 0 Å². The zero-order valence-electron chi connectivity index (χ0n) is 8.54. The molecule has 76 valence electrons. The molecule has 4 nitrogen and oxygen atoms in total. The Balaban J connectivity index is 2.61. The van der Waals surface area contributed by atoms with E-state index in [0.29, 0.717) is 6.04 Å². The molecule has 0 aromatic rings. The maximum absolute atomic E-state index is 11.4. The summed E-state index contributed by atoms with van der Waals surface area (Å²) in [5.74, 6) is -0.125. The van der Waals surface area contributed by atoms with Crippen LogP contribution in [0.5, 0.6) is 0 Å². The lowest BCUT2D eigenvalue weighted by atomic mass is 9.92. The zero-order chi connectivity index (χ0) is 9.84. The van der Waals surface area contributed by atoms with Crippen molar-refractivity contribution in [2.45, 2.75) is 12.5 Å². The molecular formula is C9H18N2O2. The van der Waals surface area contributed by atoms with Crippen LogP contribution in [0, 0.1) is 5.92 Å². The molecule has 0 bridgehead atoms. The maximum Gasteiger partial charge on any atom is 0.311 e. The van der Waals surface area contributed by atoms with Gasteiger partial charge in [0.25, 0.3) is 0 Å². The number of carbonyl (C=O) groups is 1. The normalized spacial score (nSPS) is 28.9. The first-order valence-corrected chi connectivity index (χ1v) is 4.61. The summed E-state index contributed by atoms with van der Waals surface area (Å²) in [4.78, 5) is 13.5. The summed E-state index contributed by atoms with van der Waals surface area (Å²) >= 11 is 0. The first-order chi connectivity index (χ1) is 6.16. The number of piperidine rings is 1. The summed E-state index contributed by atoms with van der Waals surface area (Å²) in [5.41, 5.74) is 0. The molecule has 1 heterocycles. The van der Waals surface area contributed by atoms with Gasteiger partial charge in [0.15, 0.2) is 0 Å². The fourth-order valence-electron chi connectivity index (χ4n) is 1.85.